The number of aromatic amines is 1. The highest BCUT2D eigenvalue weighted by atomic mass is 19.1. The van der Waals surface area contributed by atoms with Crippen molar-refractivity contribution in [1.29, 1.82) is 5.26 Å². The van der Waals surface area contributed by atoms with Crippen molar-refractivity contribution in [2.75, 3.05) is 31.9 Å². The topological polar surface area (TPSA) is 133 Å². The Morgan fingerprint density at radius 2 is 2.19 bits per heavy atom. The van der Waals surface area contributed by atoms with Crippen molar-refractivity contribution >= 4 is 22.6 Å². The maximum atomic E-state index is 14.3. The highest BCUT2D eigenvalue weighted by molar-refractivity contribution is 5.95. The Morgan fingerprint density at radius 3 is 2.97 bits per heavy atom. The molecule has 5 rings (SSSR count). The third-order valence-electron chi connectivity index (χ3n) is 6.59. The number of hydrogen-bond acceptors (Lipinski definition) is 7. The maximum absolute atomic E-state index is 14.3. The van der Waals surface area contributed by atoms with Crippen LogP contribution >= 0.6 is 0 Å². The number of fused-ring (bicyclic) bond motifs is 1. The van der Waals surface area contributed by atoms with Crippen LogP contribution in [0.1, 0.15) is 29.7 Å². The van der Waals surface area contributed by atoms with E-state index < -0.39 is 5.82 Å². The van der Waals surface area contributed by atoms with E-state index in [1.807, 2.05) is 30.1 Å². The van der Waals surface area contributed by atoms with Gasteiger partial charge >= 0.3 is 0 Å². The second-order valence-corrected chi connectivity index (χ2v) is 9.03. The molecule has 36 heavy (non-hydrogen) atoms. The van der Waals surface area contributed by atoms with E-state index in [0.29, 0.717) is 26.2 Å². The van der Waals surface area contributed by atoms with Crippen LogP contribution in [0.2, 0.25) is 0 Å². The summed E-state index contributed by atoms with van der Waals surface area (Å²) in [5, 5.41) is 14.9. The molecule has 2 atom stereocenters. The summed E-state index contributed by atoms with van der Waals surface area (Å²) in [6.07, 6.45) is 7.27. The Kier molecular flexibility index (Phi) is 6.35. The fourth-order valence-corrected chi connectivity index (χ4v) is 4.77. The second kappa shape index (κ2) is 9.75. The minimum atomic E-state index is -0.612. The molecule has 1 aromatic carbocycles. The SMILES string of the molecule is CC1CN(CC(CC#N)n2cc(-c3ncnc4[nH]ccc34)cn2)CCN1C(=O)c1ccc(N)cc1F. The van der Waals surface area contributed by atoms with Gasteiger partial charge in [-0.05, 0) is 31.2 Å². The molecule has 1 aliphatic rings. The lowest BCUT2D eigenvalue weighted by Gasteiger charge is -2.41. The molecule has 1 amide bonds. The van der Waals surface area contributed by atoms with Crippen LogP contribution in [0.15, 0.2) is 49.2 Å². The largest absolute Gasteiger partial charge is 0.399 e. The lowest BCUT2D eigenvalue weighted by molar-refractivity contribution is 0.0456. The summed E-state index contributed by atoms with van der Waals surface area (Å²) >= 11 is 0. The smallest absolute Gasteiger partial charge is 0.257 e. The van der Waals surface area contributed by atoms with Gasteiger partial charge in [0.25, 0.3) is 5.91 Å². The first-order valence-electron chi connectivity index (χ1n) is 11.7. The Morgan fingerprint density at radius 1 is 1.33 bits per heavy atom. The molecular weight excluding hydrogens is 461 g/mol. The summed E-state index contributed by atoms with van der Waals surface area (Å²) in [7, 11) is 0. The van der Waals surface area contributed by atoms with Crippen LogP contribution < -0.4 is 5.73 Å². The monoisotopic (exact) mass is 487 g/mol. The number of halogens is 1. The van der Waals surface area contributed by atoms with Crippen LogP contribution in [0, 0.1) is 17.1 Å². The zero-order valence-electron chi connectivity index (χ0n) is 19.8. The van der Waals surface area contributed by atoms with Gasteiger partial charge in [-0.1, -0.05) is 0 Å². The zero-order valence-corrected chi connectivity index (χ0v) is 19.8. The molecule has 4 heterocycles. The first kappa shape index (κ1) is 23.4. The molecule has 0 aliphatic carbocycles. The lowest BCUT2D eigenvalue weighted by atomic mass is 10.1. The van der Waals surface area contributed by atoms with E-state index in [9.17, 15) is 14.4 Å². The summed E-state index contributed by atoms with van der Waals surface area (Å²) < 4.78 is 16.1. The number of H-pyrrole nitrogens is 1. The molecule has 0 bridgehead atoms. The molecule has 0 radical (unpaired) electrons. The van der Waals surface area contributed by atoms with Gasteiger partial charge < -0.3 is 15.6 Å². The normalized spacial score (nSPS) is 17.2. The third-order valence-corrected chi connectivity index (χ3v) is 6.59. The van der Waals surface area contributed by atoms with Crippen LogP contribution in [0.5, 0.6) is 0 Å². The number of hydrogen-bond donors (Lipinski definition) is 2. The van der Waals surface area contributed by atoms with Crippen molar-refractivity contribution in [2.24, 2.45) is 0 Å². The average molecular weight is 488 g/mol. The number of aromatic nitrogens is 5. The van der Waals surface area contributed by atoms with E-state index in [1.165, 1.54) is 24.5 Å². The van der Waals surface area contributed by atoms with Gasteiger partial charge in [0.2, 0.25) is 0 Å². The van der Waals surface area contributed by atoms with Crippen LogP contribution in [0.25, 0.3) is 22.3 Å². The van der Waals surface area contributed by atoms with Crippen LogP contribution in [0.3, 0.4) is 0 Å². The number of piperazine rings is 1. The van der Waals surface area contributed by atoms with E-state index >= 15 is 0 Å². The van der Waals surface area contributed by atoms with E-state index in [-0.39, 0.29) is 35.7 Å². The average Bonchev–Trinajstić information content (AvgIpc) is 3.53. The number of amides is 1. The van der Waals surface area contributed by atoms with Gasteiger partial charge in [-0.15, -0.1) is 0 Å². The summed E-state index contributed by atoms with van der Waals surface area (Å²) in [6, 6.07) is 8.03. The highest BCUT2D eigenvalue weighted by Gasteiger charge is 2.31. The summed E-state index contributed by atoms with van der Waals surface area (Å²) in [5.74, 6) is -0.954. The van der Waals surface area contributed by atoms with Crippen molar-refractivity contribution in [1.82, 2.24) is 34.5 Å². The molecule has 4 aromatic rings. The summed E-state index contributed by atoms with van der Waals surface area (Å²) in [5.41, 5.74) is 8.30. The number of nitriles is 1. The van der Waals surface area contributed by atoms with Gasteiger partial charge in [-0.25, -0.2) is 14.4 Å². The van der Waals surface area contributed by atoms with Crippen molar-refractivity contribution in [3.8, 4) is 17.3 Å². The van der Waals surface area contributed by atoms with Crippen LogP contribution in [0.4, 0.5) is 10.1 Å². The van der Waals surface area contributed by atoms with Gasteiger partial charge in [-0.2, -0.15) is 10.4 Å². The molecule has 10 nitrogen and oxygen atoms in total. The van der Waals surface area contributed by atoms with E-state index in [2.05, 4.69) is 31.0 Å². The molecule has 0 spiro atoms. The number of rotatable bonds is 6. The van der Waals surface area contributed by atoms with E-state index in [0.717, 1.165) is 22.3 Å². The van der Waals surface area contributed by atoms with Crippen LogP contribution in [-0.2, 0) is 0 Å². The molecular formula is C25H26FN9O. The zero-order chi connectivity index (χ0) is 25.2. The predicted molar refractivity (Wildman–Crippen MR) is 132 cm³/mol. The molecule has 184 valence electrons. The number of nitrogen functional groups attached to an aromatic ring is 1. The van der Waals surface area contributed by atoms with Crippen molar-refractivity contribution < 1.29 is 9.18 Å². The van der Waals surface area contributed by atoms with E-state index in [4.69, 9.17) is 5.73 Å². The fourth-order valence-electron chi connectivity index (χ4n) is 4.77. The second-order valence-electron chi connectivity index (χ2n) is 9.03. The number of carbonyl (C=O) groups excluding carboxylic acids is 1. The van der Waals surface area contributed by atoms with Crippen molar-refractivity contribution in [3.05, 3.63) is 60.6 Å². The third kappa shape index (κ3) is 4.50. The van der Waals surface area contributed by atoms with Crippen molar-refractivity contribution in [3.63, 3.8) is 0 Å². The fraction of sp³-hybridized carbons (Fsp3) is 0.320. The highest BCUT2D eigenvalue weighted by Crippen LogP contribution is 2.26. The van der Waals surface area contributed by atoms with Gasteiger partial charge in [0, 0.05) is 61.3 Å². The van der Waals surface area contributed by atoms with Gasteiger partial charge in [0.1, 0.15) is 17.8 Å². The Bertz CT molecular complexity index is 1440. The Balaban J connectivity index is 1.28. The lowest BCUT2D eigenvalue weighted by Crippen LogP contribution is -2.55. The quantitative estimate of drug-likeness (QED) is 0.400. The molecule has 1 saturated heterocycles. The first-order valence-corrected chi connectivity index (χ1v) is 11.7. The Labute approximate surface area is 207 Å². The molecule has 3 N–H and O–H groups in total. The molecule has 1 fully saturated rings. The van der Waals surface area contributed by atoms with Gasteiger partial charge in [0.05, 0.1) is 36.0 Å². The minimum Gasteiger partial charge on any atom is -0.399 e. The molecule has 0 saturated carbocycles. The van der Waals surface area contributed by atoms with Gasteiger partial charge in [0.15, 0.2) is 0 Å². The maximum Gasteiger partial charge on any atom is 0.257 e. The molecule has 2 unspecified atom stereocenters. The van der Waals surface area contributed by atoms with E-state index in [1.54, 1.807) is 11.1 Å². The Hall–Kier alpha value is -4.30. The number of nitrogens with zero attached hydrogens (tertiary/aromatic N) is 7. The number of nitrogens with two attached hydrogens (primary N) is 1. The molecule has 1 aliphatic heterocycles. The van der Waals surface area contributed by atoms with Crippen LogP contribution in [-0.4, -0.2) is 72.7 Å². The minimum absolute atomic E-state index is 0.0252. The number of benzene rings is 1. The number of anilines is 1. The molecule has 3 aromatic heterocycles. The number of carbonyl (C=O) groups is 1. The summed E-state index contributed by atoms with van der Waals surface area (Å²) in [6.45, 7) is 4.22. The summed E-state index contributed by atoms with van der Waals surface area (Å²) in [4.78, 5) is 28.6. The van der Waals surface area contributed by atoms with Crippen molar-refractivity contribution in [2.45, 2.75) is 25.4 Å². The first-order chi connectivity index (χ1) is 17.4. The van der Waals surface area contributed by atoms with Gasteiger partial charge in [-0.3, -0.25) is 14.4 Å². The number of nitrogens with one attached hydrogen (secondary N) is 1. The predicted octanol–water partition coefficient (Wildman–Crippen LogP) is 2.84. The standard InChI is InChI=1S/C25H26FN9O/c1-16-12-33(8-9-34(16)25(36)20-3-2-18(28)10-22(20)26)14-19(4-6-27)35-13-17(11-32-35)23-21-5-7-29-24(21)31-15-30-23/h2-3,5,7,10-11,13,15-16,19H,4,8-9,12,14,28H2,1H3,(H,29,30,31). The molecule has 11 heteroatoms.